The summed E-state index contributed by atoms with van der Waals surface area (Å²) in [5, 5.41) is 11.1. The molecule has 1 N–H and O–H groups in total. The number of rotatable bonds is 1. The highest BCUT2D eigenvalue weighted by atomic mass is 16.2. The Labute approximate surface area is 93.6 Å². The second kappa shape index (κ2) is 3.86. The fourth-order valence-electron chi connectivity index (χ4n) is 2.38. The molecule has 1 saturated heterocycles. The molecule has 0 bridgehead atoms. The number of aromatic nitrogens is 3. The first-order valence-corrected chi connectivity index (χ1v) is 5.71. The molecule has 0 radical (unpaired) electrons. The zero-order valence-electron chi connectivity index (χ0n) is 9.09. The van der Waals surface area contributed by atoms with Gasteiger partial charge in [-0.1, -0.05) is 0 Å². The van der Waals surface area contributed by atoms with Gasteiger partial charge >= 0.3 is 0 Å². The Hall–Kier alpha value is -1.43. The van der Waals surface area contributed by atoms with Crippen LogP contribution in [0.2, 0.25) is 0 Å². The number of carbonyl (C=O) groups excluding carboxylic acids is 1. The van der Waals surface area contributed by atoms with E-state index in [-0.39, 0.29) is 11.8 Å². The van der Waals surface area contributed by atoms with Crippen molar-refractivity contribution in [3.8, 4) is 0 Å². The molecule has 1 atom stereocenters. The Morgan fingerprint density at radius 1 is 1.50 bits per heavy atom. The lowest BCUT2D eigenvalue weighted by atomic mass is 10.1. The summed E-state index contributed by atoms with van der Waals surface area (Å²) in [6.45, 7) is 3.98. The lowest BCUT2D eigenvalue weighted by Crippen LogP contribution is -2.42. The van der Waals surface area contributed by atoms with Crippen LogP contribution >= 0.6 is 0 Å². The van der Waals surface area contributed by atoms with E-state index >= 15 is 0 Å². The normalized spacial score (nSPS) is 24.5. The molecule has 6 heteroatoms. The van der Waals surface area contributed by atoms with Gasteiger partial charge in [-0.3, -0.25) is 4.79 Å². The van der Waals surface area contributed by atoms with Gasteiger partial charge in [-0.2, -0.15) is 0 Å². The third-order valence-corrected chi connectivity index (χ3v) is 3.36. The van der Waals surface area contributed by atoms with E-state index in [1.54, 1.807) is 6.33 Å². The molecule has 3 rings (SSSR count). The average molecular weight is 221 g/mol. The molecule has 1 aromatic heterocycles. The fourth-order valence-corrected chi connectivity index (χ4v) is 2.38. The van der Waals surface area contributed by atoms with Crippen LogP contribution in [0.1, 0.15) is 12.2 Å². The summed E-state index contributed by atoms with van der Waals surface area (Å²) < 4.78 is 2.01. The molecule has 0 aliphatic carbocycles. The molecule has 2 aliphatic heterocycles. The van der Waals surface area contributed by atoms with E-state index < -0.39 is 0 Å². The van der Waals surface area contributed by atoms with Crippen LogP contribution in [-0.4, -0.2) is 45.2 Å². The Morgan fingerprint density at radius 3 is 3.25 bits per heavy atom. The first-order valence-electron chi connectivity index (χ1n) is 5.71. The molecular formula is C10H15N5O. The number of fused-ring (bicyclic) bond motifs is 1. The highest BCUT2D eigenvalue weighted by Gasteiger charge is 2.29. The number of nitrogens with one attached hydrogen (secondary N) is 1. The summed E-state index contributed by atoms with van der Waals surface area (Å²) in [6, 6.07) is 0. The van der Waals surface area contributed by atoms with Gasteiger partial charge in [-0.15, -0.1) is 10.2 Å². The number of hydrogen-bond acceptors (Lipinski definition) is 4. The van der Waals surface area contributed by atoms with E-state index in [9.17, 15) is 4.79 Å². The van der Waals surface area contributed by atoms with Crippen molar-refractivity contribution in [1.29, 1.82) is 0 Å². The highest BCUT2D eigenvalue weighted by Crippen LogP contribution is 2.16. The lowest BCUT2D eigenvalue weighted by Gasteiger charge is -2.29. The molecule has 3 heterocycles. The summed E-state index contributed by atoms with van der Waals surface area (Å²) in [4.78, 5) is 14.1. The van der Waals surface area contributed by atoms with E-state index in [1.165, 1.54) is 0 Å². The van der Waals surface area contributed by atoms with Crippen LogP contribution in [0.5, 0.6) is 0 Å². The number of hydrogen-bond donors (Lipinski definition) is 1. The predicted octanol–water partition coefficient (Wildman–Crippen LogP) is -0.770. The largest absolute Gasteiger partial charge is 0.333 e. The van der Waals surface area contributed by atoms with Crippen molar-refractivity contribution in [2.45, 2.75) is 19.5 Å². The molecule has 1 aromatic rings. The molecule has 6 nitrogen and oxygen atoms in total. The van der Waals surface area contributed by atoms with Crippen LogP contribution < -0.4 is 5.32 Å². The second-order valence-corrected chi connectivity index (χ2v) is 4.39. The molecule has 0 spiro atoms. The highest BCUT2D eigenvalue weighted by molar-refractivity contribution is 5.79. The summed E-state index contributed by atoms with van der Waals surface area (Å²) >= 11 is 0. The average Bonchev–Trinajstić information content (AvgIpc) is 2.98. The van der Waals surface area contributed by atoms with Gasteiger partial charge in [0.25, 0.3) is 0 Å². The zero-order chi connectivity index (χ0) is 11.0. The summed E-state index contributed by atoms with van der Waals surface area (Å²) in [5.74, 6) is 1.32. The Morgan fingerprint density at radius 2 is 2.44 bits per heavy atom. The Bertz CT molecular complexity index is 396. The van der Waals surface area contributed by atoms with Gasteiger partial charge in [0.1, 0.15) is 6.33 Å². The van der Waals surface area contributed by atoms with Crippen molar-refractivity contribution in [2.24, 2.45) is 5.92 Å². The molecule has 0 saturated carbocycles. The van der Waals surface area contributed by atoms with Crippen LogP contribution in [0.15, 0.2) is 6.33 Å². The van der Waals surface area contributed by atoms with Crippen molar-refractivity contribution >= 4 is 5.91 Å². The molecule has 1 amide bonds. The SMILES string of the molecule is O=C(C1CCNC1)N1CCn2cnnc2C1. The maximum atomic E-state index is 12.2. The Kier molecular flexibility index (Phi) is 2.36. The van der Waals surface area contributed by atoms with Crippen molar-refractivity contribution in [3.63, 3.8) is 0 Å². The standard InChI is InChI=1S/C10H15N5O/c16-10(8-1-2-11-5-8)14-3-4-15-7-12-13-9(15)6-14/h7-8,11H,1-6H2. The first-order chi connectivity index (χ1) is 7.84. The van der Waals surface area contributed by atoms with Gasteiger partial charge in [-0.05, 0) is 13.0 Å². The molecular weight excluding hydrogens is 206 g/mol. The zero-order valence-corrected chi connectivity index (χ0v) is 9.09. The van der Waals surface area contributed by atoms with Gasteiger partial charge in [0.05, 0.1) is 12.5 Å². The van der Waals surface area contributed by atoms with Gasteiger partial charge < -0.3 is 14.8 Å². The lowest BCUT2D eigenvalue weighted by molar-refractivity contribution is -0.136. The van der Waals surface area contributed by atoms with Crippen LogP contribution in [0, 0.1) is 5.92 Å². The maximum absolute atomic E-state index is 12.2. The molecule has 1 unspecified atom stereocenters. The maximum Gasteiger partial charge on any atom is 0.227 e. The minimum atomic E-state index is 0.162. The van der Waals surface area contributed by atoms with Gasteiger partial charge in [0, 0.05) is 19.6 Å². The smallest absolute Gasteiger partial charge is 0.227 e. The van der Waals surface area contributed by atoms with E-state index in [0.29, 0.717) is 6.54 Å². The Balaban J connectivity index is 1.71. The molecule has 16 heavy (non-hydrogen) atoms. The van der Waals surface area contributed by atoms with Crippen molar-refractivity contribution in [1.82, 2.24) is 25.0 Å². The minimum Gasteiger partial charge on any atom is -0.333 e. The van der Waals surface area contributed by atoms with Gasteiger partial charge in [0.2, 0.25) is 5.91 Å². The van der Waals surface area contributed by atoms with Crippen LogP contribution in [0.25, 0.3) is 0 Å². The summed E-state index contributed by atoms with van der Waals surface area (Å²) in [6.07, 6.45) is 2.69. The van der Waals surface area contributed by atoms with Crippen LogP contribution in [0.3, 0.4) is 0 Å². The molecule has 1 fully saturated rings. The van der Waals surface area contributed by atoms with Crippen LogP contribution in [-0.2, 0) is 17.9 Å². The quantitative estimate of drug-likeness (QED) is 0.676. The van der Waals surface area contributed by atoms with E-state index in [0.717, 1.165) is 38.4 Å². The summed E-state index contributed by atoms with van der Waals surface area (Å²) in [7, 11) is 0. The second-order valence-electron chi connectivity index (χ2n) is 4.39. The molecule has 0 aromatic carbocycles. The topological polar surface area (TPSA) is 63.1 Å². The monoisotopic (exact) mass is 221 g/mol. The van der Waals surface area contributed by atoms with Crippen molar-refractivity contribution < 1.29 is 4.79 Å². The molecule has 86 valence electrons. The third kappa shape index (κ3) is 1.59. The van der Waals surface area contributed by atoms with Gasteiger partial charge in [0.15, 0.2) is 5.82 Å². The van der Waals surface area contributed by atoms with Crippen molar-refractivity contribution in [3.05, 3.63) is 12.2 Å². The van der Waals surface area contributed by atoms with E-state index in [1.807, 2.05) is 9.47 Å². The van der Waals surface area contributed by atoms with Crippen molar-refractivity contribution in [2.75, 3.05) is 19.6 Å². The summed E-state index contributed by atoms with van der Waals surface area (Å²) in [5.41, 5.74) is 0. The van der Waals surface area contributed by atoms with Crippen LogP contribution in [0.4, 0.5) is 0 Å². The van der Waals surface area contributed by atoms with E-state index in [2.05, 4.69) is 15.5 Å². The van der Waals surface area contributed by atoms with Gasteiger partial charge in [-0.25, -0.2) is 0 Å². The number of amides is 1. The number of nitrogens with zero attached hydrogens (tertiary/aromatic N) is 4. The third-order valence-electron chi connectivity index (χ3n) is 3.36. The fraction of sp³-hybridized carbons (Fsp3) is 0.700. The number of carbonyl (C=O) groups is 1. The first kappa shape index (κ1) is 9.77. The minimum absolute atomic E-state index is 0.162. The predicted molar refractivity (Wildman–Crippen MR) is 56.4 cm³/mol. The molecule has 2 aliphatic rings. The van der Waals surface area contributed by atoms with E-state index in [4.69, 9.17) is 0 Å².